The molecule has 76 valence electrons. The number of carbonyl (C=O) groups excluding carboxylic acids is 2. The highest BCUT2D eigenvalue weighted by Gasteiger charge is 2.36. The van der Waals surface area contributed by atoms with Gasteiger partial charge in [0.25, 0.3) is 11.8 Å². The van der Waals surface area contributed by atoms with Gasteiger partial charge in [0.15, 0.2) is 0 Å². The summed E-state index contributed by atoms with van der Waals surface area (Å²) in [4.78, 5) is 22.9. The van der Waals surface area contributed by atoms with E-state index in [0.29, 0.717) is 5.92 Å². The maximum absolute atomic E-state index is 11.5. The summed E-state index contributed by atoms with van der Waals surface area (Å²) in [5.41, 5.74) is 1.56. The molecule has 1 aliphatic carbocycles. The van der Waals surface area contributed by atoms with Gasteiger partial charge in [-0.3, -0.25) is 14.9 Å². The van der Waals surface area contributed by atoms with Crippen LogP contribution in [-0.2, 0) is 9.59 Å². The largest absolute Gasteiger partial charge is 0.289 e. The van der Waals surface area contributed by atoms with Crippen LogP contribution in [0.1, 0.15) is 39.0 Å². The molecule has 2 aliphatic rings. The molecular formula is C11H15NO2. The molecule has 3 nitrogen and oxygen atoms in total. The monoisotopic (exact) mass is 193 g/mol. The lowest BCUT2D eigenvalue weighted by Gasteiger charge is -2.21. The highest BCUT2D eigenvalue weighted by Crippen LogP contribution is 2.35. The molecule has 1 heterocycles. The molecule has 0 bridgehead atoms. The fourth-order valence-corrected chi connectivity index (χ4v) is 2.49. The Morgan fingerprint density at radius 2 is 2.14 bits per heavy atom. The second kappa shape index (κ2) is 3.56. The second-order valence-electron chi connectivity index (χ2n) is 4.05. The zero-order chi connectivity index (χ0) is 10.1. The van der Waals surface area contributed by atoms with E-state index >= 15 is 0 Å². The third-order valence-corrected chi connectivity index (χ3v) is 3.10. The van der Waals surface area contributed by atoms with Crippen molar-refractivity contribution in [1.29, 1.82) is 0 Å². The predicted octanol–water partition coefficient (Wildman–Crippen LogP) is 1.54. The molecule has 0 radical (unpaired) electrons. The number of hydrogen-bond acceptors (Lipinski definition) is 2. The van der Waals surface area contributed by atoms with Gasteiger partial charge in [0.2, 0.25) is 0 Å². The molecule has 2 amide bonds. The average molecular weight is 193 g/mol. The Morgan fingerprint density at radius 1 is 1.36 bits per heavy atom. The summed E-state index contributed by atoms with van der Waals surface area (Å²) >= 11 is 0. The Balaban J connectivity index is 2.30. The van der Waals surface area contributed by atoms with Crippen molar-refractivity contribution >= 4 is 11.8 Å². The molecule has 0 aromatic carbocycles. The lowest BCUT2D eigenvalue weighted by molar-refractivity contribution is -0.124. The summed E-state index contributed by atoms with van der Waals surface area (Å²) in [7, 11) is 0. The molecule has 1 atom stereocenters. The molecule has 1 N–H and O–H groups in total. The van der Waals surface area contributed by atoms with E-state index in [-0.39, 0.29) is 11.8 Å². The van der Waals surface area contributed by atoms with Crippen molar-refractivity contribution < 1.29 is 9.59 Å². The normalized spacial score (nSPS) is 26.5. The van der Waals surface area contributed by atoms with Gasteiger partial charge in [-0.1, -0.05) is 13.3 Å². The summed E-state index contributed by atoms with van der Waals surface area (Å²) in [6.45, 7) is 2.11. The molecule has 0 saturated carbocycles. The van der Waals surface area contributed by atoms with Crippen LogP contribution < -0.4 is 5.32 Å². The number of imide groups is 1. The molecular weight excluding hydrogens is 178 g/mol. The summed E-state index contributed by atoms with van der Waals surface area (Å²) < 4.78 is 0. The predicted molar refractivity (Wildman–Crippen MR) is 52.4 cm³/mol. The van der Waals surface area contributed by atoms with Crippen molar-refractivity contribution in [3.63, 3.8) is 0 Å². The number of amides is 2. The van der Waals surface area contributed by atoms with E-state index in [1.54, 1.807) is 0 Å². The van der Waals surface area contributed by atoms with Gasteiger partial charge in [0, 0.05) is 11.1 Å². The Hall–Kier alpha value is -1.12. The Morgan fingerprint density at radius 3 is 2.86 bits per heavy atom. The minimum absolute atomic E-state index is 0.136. The van der Waals surface area contributed by atoms with Gasteiger partial charge in [-0.05, 0) is 31.6 Å². The number of hydrogen-bond donors (Lipinski definition) is 1. The van der Waals surface area contributed by atoms with Crippen LogP contribution >= 0.6 is 0 Å². The van der Waals surface area contributed by atoms with Crippen LogP contribution in [0, 0.1) is 5.92 Å². The van der Waals surface area contributed by atoms with Crippen molar-refractivity contribution in [1.82, 2.24) is 5.32 Å². The molecule has 14 heavy (non-hydrogen) atoms. The standard InChI is InChI=1S/C11H15NO2/c1-2-4-7-5-3-6-8-9(7)11(14)12-10(8)13/h7H,2-6H2,1H3,(H,12,13,14). The van der Waals surface area contributed by atoms with Gasteiger partial charge >= 0.3 is 0 Å². The van der Waals surface area contributed by atoms with E-state index < -0.39 is 0 Å². The molecule has 2 rings (SSSR count). The second-order valence-corrected chi connectivity index (χ2v) is 4.05. The van der Waals surface area contributed by atoms with Crippen molar-refractivity contribution in [2.45, 2.75) is 39.0 Å². The van der Waals surface area contributed by atoms with E-state index in [2.05, 4.69) is 12.2 Å². The molecule has 0 aromatic rings. The van der Waals surface area contributed by atoms with Gasteiger partial charge in [-0.25, -0.2) is 0 Å². The van der Waals surface area contributed by atoms with Crippen molar-refractivity contribution in [3.8, 4) is 0 Å². The van der Waals surface area contributed by atoms with Gasteiger partial charge in [-0.2, -0.15) is 0 Å². The first-order valence-corrected chi connectivity index (χ1v) is 5.32. The van der Waals surface area contributed by atoms with Crippen LogP contribution in [0.5, 0.6) is 0 Å². The van der Waals surface area contributed by atoms with Gasteiger partial charge in [0.1, 0.15) is 0 Å². The van der Waals surface area contributed by atoms with Gasteiger partial charge in [-0.15, -0.1) is 0 Å². The Kier molecular flexibility index (Phi) is 2.40. The minimum Gasteiger partial charge on any atom is -0.289 e. The van der Waals surface area contributed by atoms with Crippen LogP contribution in [-0.4, -0.2) is 11.8 Å². The number of carbonyl (C=O) groups is 2. The third kappa shape index (κ3) is 1.37. The fourth-order valence-electron chi connectivity index (χ4n) is 2.49. The van der Waals surface area contributed by atoms with Crippen molar-refractivity contribution in [2.24, 2.45) is 5.92 Å². The highest BCUT2D eigenvalue weighted by atomic mass is 16.2. The van der Waals surface area contributed by atoms with E-state index in [1.165, 1.54) is 0 Å². The molecule has 0 aromatic heterocycles. The Labute approximate surface area is 83.6 Å². The van der Waals surface area contributed by atoms with Crippen LogP contribution in [0.2, 0.25) is 0 Å². The van der Waals surface area contributed by atoms with E-state index in [4.69, 9.17) is 0 Å². The lowest BCUT2D eigenvalue weighted by atomic mass is 9.81. The van der Waals surface area contributed by atoms with Gasteiger partial charge < -0.3 is 0 Å². The molecule has 1 aliphatic heterocycles. The Bertz CT molecular complexity index is 317. The van der Waals surface area contributed by atoms with Crippen LogP contribution in [0.25, 0.3) is 0 Å². The fraction of sp³-hybridized carbons (Fsp3) is 0.636. The third-order valence-electron chi connectivity index (χ3n) is 3.10. The average Bonchev–Trinajstić information content (AvgIpc) is 2.44. The number of rotatable bonds is 2. The quantitative estimate of drug-likeness (QED) is 0.676. The first-order chi connectivity index (χ1) is 6.74. The summed E-state index contributed by atoms with van der Waals surface area (Å²) in [6, 6.07) is 0. The topological polar surface area (TPSA) is 46.2 Å². The molecule has 0 fully saturated rings. The first-order valence-electron chi connectivity index (χ1n) is 5.32. The van der Waals surface area contributed by atoms with E-state index in [0.717, 1.165) is 43.3 Å². The SMILES string of the molecule is CCCC1CCCC2=C1C(=O)NC2=O. The highest BCUT2D eigenvalue weighted by molar-refractivity contribution is 6.19. The molecule has 0 spiro atoms. The van der Waals surface area contributed by atoms with Crippen molar-refractivity contribution in [3.05, 3.63) is 11.1 Å². The zero-order valence-corrected chi connectivity index (χ0v) is 8.43. The van der Waals surface area contributed by atoms with Crippen LogP contribution in [0.15, 0.2) is 11.1 Å². The molecule has 0 saturated heterocycles. The van der Waals surface area contributed by atoms with Crippen molar-refractivity contribution in [2.75, 3.05) is 0 Å². The molecule has 1 unspecified atom stereocenters. The van der Waals surface area contributed by atoms with Gasteiger partial charge in [0.05, 0.1) is 0 Å². The maximum Gasteiger partial charge on any atom is 0.254 e. The van der Waals surface area contributed by atoms with Crippen LogP contribution in [0.3, 0.4) is 0 Å². The minimum atomic E-state index is -0.147. The smallest absolute Gasteiger partial charge is 0.254 e. The summed E-state index contributed by atoms with van der Waals surface area (Å²) in [6.07, 6.45) is 4.99. The first kappa shape index (κ1) is 9.44. The van der Waals surface area contributed by atoms with E-state index in [9.17, 15) is 9.59 Å². The molecule has 3 heteroatoms. The van der Waals surface area contributed by atoms with E-state index in [1.807, 2.05) is 0 Å². The van der Waals surface area contributed by atoms with Crippen LogP contribution in [0.4, 0.5) is 0 Å². The number of nitrogens with one attached hydrogen (secondary N) is 1. The zero-order valence-electron chi connectivity index (χ0n) is 8.43. The lowest BCUT2D eigenvalue weighted by Crippen LogP contribution is -2.24. The summed E-state index contributed by atoms with van der Waals surface area (Å²) in [5.74, 6) is 0.0455. The summed E-state index contributed by atoms with van der Waals surface area (Å²) in [5, 5.41) is 2.40. The maximum atomic E-state index is 11.5.